The van der Waals surface area contributed by atoms with Crippen LogP contribution in [0.3, 0.4) is 0 Å². The predicted octanol–water partition coefficient (Wildman–Crippen LogP) is 0.239. The minimum atomic E-state index is -1.13. The van der Waals surface area contributed by atoms with Crippen LogP contribution in [-0.2, 0) is 16.1 Å². The Labute approximate surface area is 108 Å². The number of carbonyl (C=O) groups is 3. The zero-order valence-electron chi connectivity index (χ0n) is 9.98. The quantitative estimate of drug-likeness (QED) is 0.737. The van der Waals surface area contributed by atoms with E-state index in [1.54, 1.807) is 6.07 Å². The van der Waals surface area contributed by atoms with Crippen LogP contribution in [0.5, 0.6) is 0 Å². The molecular formula is C13H11FN2O3. The van der Waals surface area contributed by atoms with Crippen molar-refractivity contribution in [2.45, 2.75) is 19.0 Å². The molecule has 2 amide bonds. The van der Waals surface area contributed by atoms with Crippen molar-refractivity contribution in [2.24, 2.45) is 0 Å². The second-order valence-corrected chi connectivity index (χ2v) is 4.62. The fourth-order valence-corrected chi connectivity index (χ4v) is 2.55. The summed E-state index contributed by atoms with van der Waals surface area (Å²) in [6, 6.07) is 3.20. The highest BCUT2D eigenvalue weighted by Crippen LogP contribution is 2.27. The lowest BCUT2D eigenvalue weighted by molar-refractivity contribution is -0.137. The molecular weight excluding hydrogens is 251 g/mol. The molecule has 0 spiro atoms. The Hall–Kier alpha value is -2.24. The third kappa shape index (κ3) is 1.71. The summed E-state index contributed by atoms with van der Waals surface area (Å²) in [6.07, 6.45) is 0.193. The molecule has 1 aromatic carbocycles. The molecule has 2 aliphatic heterocycles. The van der Waals surface area contributed by atoms with Gasteiger partial charge in [0.1, 0.15) is 5.82 Å². The van der Waals surface area contributed by atoms with Crippen LogP contribution in [-0.4, -0.2) is 35.1 Å². The van der Waals surface area contributed by atoms with Gasteiger partial charge in [-0.1, -0.05) is 12.1 Å². The van der Waals surface area contributed by atoms with Gasteiger partial charge in [0.2, 0.25) is 0 Å². The molecule has 1 N–H and O–H groups in total. The van der Waals surface area contributed by atoms with E-state index in [-0.39, 0.29) is 30.9 Å². The third-order valence-corrected chi connectivity index (χ3v) is 3.45. The molecule has 2 heterocycles. The maximum Gasteiger partial charge on any atom is 0.258 e. The highest BCUT2D eigenvalue weighted by Gasteiger charge is 2.42. The van der Waals surface area contributed by atoms with Gasteiger partial charge in [0.25, 0.3) is 11.8 Å². The molecule has 1 fully saturated rings. The van der Waals surface area contributed by atoms with Crippen molar-refractivity contribution >= 4 is 17.6 Å². The number of halogens is 1. The fraction of sp³-hybridized carbons (Fsp3) is 0.308. The number of piperidine rings is 1. The Bertz CT molecular complexity index is 584. The largest absolute Gasteiger partial charge is 0.353 e. The van der Waals surface area contributed by atoms with E-state index >= 15 is 0 Å². The van der Waals surface area contributed by atoms with E-state index in [9.17, 15) is 18.8 Å². The van der Waals surface area contributed by atoms with Crippen LogP contribution < -0.4 is 5.32 Å². The third-order valence-electron chi connectivity index (χ3n) is 3.45. The Kier molecular flexibility index (Phi) is 2.58. The monoisotopic (exact) mass is 262 g/mol. The topological polar surface area (TPSA) is 66.5 Å². The van der Waals surface area contributed by atoms with Gasteiger partial charge in [0, 0.05) is 19.5 Å². The normalized spacial score (nSPS) is 22.5. The second-order valence-electron chi connectivity index (χ2n) is 4.62. The van der Waals surface area contributed by atoms with Gasteiger partial charge in [-0.05, 0) is 11.6 Å². The fourth-order valence-electron chi connectivity index (χ4n) is 2.55. The van der Waals surface area contributed by atoms with E-state index in [1.807, 2.05) is 0 Å². The molecule has 0 aliphatic carbocycles. The first-order chi connectivity index (χ1) is 9.09. The standard InChI is InChI=1S/C13H11FN2O3/c14-8-3-1-2-7-6-16(13(19)10(7)8)11-9(17)4-5-15-12(11)18/h1-3,11H,4-6H2,(H,15,18). The van der Waals surface area contributed by atoms with Gasteiger partial charge in [-0.15, -0.1) is 0 Å². The number of benzene rings is 1. The molecule has 6 heteroatoms. The van der Waals surface area contributed by atoms with Crippen LogP contribution in [0.1, 0.15) is 22.3 Å². The summed E-state index contributed by atoms with van der Waals surface area (Å²) in [4.78, 5) is 36.9. The number of hydrogen-bond donors (Lipinski definition) is 1. The number of nitrogens with zero attached hydrogens (tertiary/aromatic N) is 1. The van der Waals surface area contributed by atoms with Crippen molar-refractivity contribution in [2.75, 3.05) is 6.54 Å². The summed E-state index contributed by atoms with van der Waals surface area (Å²) in [5, 5.41) is 2.55. The zero-order valence-corrected chi connectivity index (χ0v) is 9.98. The lowest BCUT2D eigenvalue weighted by atomic mass is 10.0. The van der Waals surface area contributed by atoms with E-state index in [0.717, 1.165) is 4.90 Å². The average Bonchev–Trinajstić information content (AvgIpc) is 2.68. The Morgan fingerprint density at radius 3 is 2.74 bits per heavy atom. The van der Waals surface area contributed by atoms with Crippen molar-refractivity contribution in [3.63, 3.8) is 0 Å². The Morgan fingerprint density at radius 2 is 2.05 bits per heavy atom. The number of hydrogen-bond acceptors (Lipinski definition) is 3. The number of amides is 2. The van der Waals surface area contributed by atoms with E-state index in [0.29, 0.717) is 5.56 Å². The molecule has 1 aromatic rings. The lowest BCUT2D eigenvalue weighted by Gasteiger charge is -2.28. The molecule has 3 rings (SSSR count). The predicted molar refractivity (Wildman–Crippen MR) is 62.7 cm³/mol. The SMILES string of the molecule is O=C1CCNC(=O)C1N1Cc2cccc(F)c2C1=O. The average molecular weight is 262 g/mol. The maximum absolute atomic E-state index is 13.6. The molecule has 2 aliphatic rings. The molecule has 0 bridgehead atoms. The molecule has 98 valence electrons. The number of carbonyl (C=O) groups excluding carboxylic acids is 3. The summed E-state index contributed by atoms with van der Waals surface area (Å²) in [5.74, 6) is -2.00. The van der Waals surface area contributed by atoms with E-state index in [4.69, 9.17) is 0 Å². The van der Waals surface area contributed by atoms with Crippen molar-refractivity contribution in [1.29, 1.82) is 0 Å². The van der Waals surface area contributed by atoms with Crippen molar-refractivity contribution < 1.29 is 18.8 Å². The number of fused-ring (bicyclic) bond motifs is 1. The smallest absolute Gasteiger partial charge is 0.258 e. The first kappa shape index (κ1) is 11.8. The highest BCUT2D eigenvalue weighted by molar-refractivity contribution is 6.12. The minimum Gasteiger partial charge on any atom is -0.353 e. The van der Waals surface area contributed by atoms with Crippen LogP contribution in [0.25, 0.3) is 0 Å². The molecule has 1 unspecified atom stereocenters. The Morgan fingerprint density at radius 1 is 1.26 bits per heavy atom. The van der Waals surface area contributed by atoms with Gasteiger partial charge < -0.3 is 10.2 Å². The Balaban J connectivity index is 1.97. The minimum absolute atomic E-state index is 0.0336. The molecule has 1 saturated heterocycles. The van der Waals surface area contributed by atoms with Gasteiger partial charge in [-0.2, -0.15) is 0 Å². The first-order valence-electron chi connectivity index (χ1n) is 5.98. The summed E-state index contributed by atoms with van der Waals surface area (Å²) >= 11 is 0. The zero-order chi connectivity index (χ0) is 13.6. The molecule has 0 aromatic heterocycles. The first-order valence-corrected chi connectivity index (χ1v) is 5.98. The van der Waals surface area contributed by atoms with Gasteiger partial charge in [0.15, 0.2) is 11.8 Å². The number of nitrogens with one attached hydrogen (secondary N) is 1. The molecule has 0 radical (unpaired) electrons. The molecule has 5 nitrogen and oxygen atoms in total. The molecule has 19 heavy (non-hydrogen) atoms. The number of ketones is 1. The summed E-state index contributed by atoms with van der Waals surface area (Å²) in [5.41, 5.74) is 0.477. The van der Waals surface area contributed by atoms with Gasteiger partial charge in [0.05, 0.1) is 5.56 Å². The summed E-state index contributed by atoms with van der Waals surface area (Å²) < 4.78 is 13.6. The van der Waals surface area contributed by atoms with Crippen molar-refractivity contribution in [3.8, 4) is 0 Å². The highest BCUT2D eigenvalue weighted by atomic mass is 19.1. The van der Waals surface area contributed by atoms with E-state index in [2.05, 4.69) is 5.32 Å². The van der Waals surface area contributed by atoms with Crippen LogP contribution >= 0.6 is 0 Å². The van der Waals surface area contributed by atoms with Gasteiger partial charge in [-0.3, -0.25) is 14.4 Å². The maximum atomic E-state index is 13.6. The van der Waals surface area contributed by atoms with Crippen LogP contribution in [0, 0.1) is 5.82 Å². The van der Waals surface area contributed by atoms with Crippen molar-refractivity contribution in [1.82, 2.24) is 10.2 Å². The molecule has 0 saturated carbocycles. The van der Waals surface area contributed by atoms with E-state index < -0.39 is 23.7 Å². The van der Waals surface area contributed by atoms with Gasteiger partial charge in [-0.25, -0.2) is 4.39 Å². The number of Topliss-reactive ketones (excluding diaryl/α,β-unsaturated/α-hetero) is 1. The van der Waals surface area contributed by atoms with Crippen LogP contribution in [0.2, 0.25) is 0 Å². The van der Waals surface area contributed by atoms with Gasteiger partial charge >= 0.3 is 0 Å². The van der Waals surface area contributed by atoms with Crippen molar-refractivity contribution in [3.05, 3.63) is 35.1 Å². The summed E-state index contributed by atoms with van der Waals surface area (Å²) in [7, 11) is 0. The summed E-state index contributed by atoms with van der Waals surface area (Å²) in [6.45, 7) is 0.382. The van der Waals surface area contributed by atoms with E-state index in [1.165, 1.54) is 12.1 Å². The second kappa shape index (κ2) is 4.15. The van der Waals surface area contributed by atoms with Crippen LogP contribution in [0.4, 0.5) is 4.39 Å². The number of rotatable bonds is 1. The lowest BCUT2D eigenvalue weighted by Crippen LogP contribution is -2.55. The van der Waals surface area contributed by atoms with Crippen LogP contribution in [0.15, 0.2) is 18.2 Å². The molecule has 1 atom stereocenters.